The predicted molar refractivity (Wildman–Crippen MR) is 100 cm³/mol. The second-order valence-corrected chi connectivity index (χ2v) is 6.69. The quantitative estimate of drug-likeness (QED) is 0.204. The molecule has 0 amide bonds. The van der Waals surface area contributed by atoms with Crippen LogP contribution in [0, 0.1) is 0 Å². The van der Waals surface area contributed by atoms with E-state index in [1.54, 1.807) is 6.08 Å². The summed E-state index contributed by atoms with van der Waals surface area (Å²) in [5, 5.41) is 29.0. The van der Waals surface area contributed by atoms with Crippen molar-refractivity contribution in [2.75, 3.05) is 6.61 Å². The summed E-state index contributed by atoms with van der Waals surface area (Å²) in [4.78, 5) is 10.4. The average Bonchev–Trinajstić information content (AvgIpc) is 2.55. The van der Waals surface area contributed by atoms with Gasteiger partial charge in [0.15, 0.2) is 5.79 Å². The Bertz CT molecular complexity index is 352. The number of ether oxygens (including phenoxy) is 1. The minimum Gasteiger partial charge on any atom is -0.481 e. The molecule has 0 spiro atoms. The molecular formula is C20H38O5. The minimum atomic E-state index is -1.80. The van der Waals surface area contributed by atoms with Crippen molar-refractivity contribution >= 4 is 5.97 Å². The van der Waals surface area contributed by atoms with Gasteiger partial charge in [-0.3, -0.25) is 4.79 Å². The van der Waals surface area contributed by atoms with Crippen LogP contribution < -0.4 is 0 Å². The highest BCUT2D eigenvalue weighted by atomic mass is 16.6. The Morgan fingerprint density at radius 3 is 2.24 bits per heavy atom. The molecule has 0 aliphatic carbocycles. The zero-order valence-electron chi connectivity index (χ0n) is 16.1. The first kappa shape index (κ1) is 24.1. The van der Waals surface area contributed by atoms with Gasteiger partial charge in [-0.2, -0.15) is 0 Å². The van der Waals surface area contributed by atoms with E-state index in [2.05, 4.69) is 6.92 Å². The third-order valence-electron chi connectivity index (χ3n) is 4.27. The first-order valence-electron chi connectivity index (χ1n) is 9.88. The first-order chi connectivity index (χ1) is 11.9. The SMILES string of the molecule is CCCCCC(O)(O)C(/C=C/CCCCCCCCC(=O)O)OCC. The highest BCUT2D eigenvalue weighted by Crippen LogP contribution is 2.20. The number of carboxylic acids is 1. The van der Waals surface area contributed by atoms with Crippen LogP contribution in [-0.2, 0) is 9.53 Å². The Labute approximate surface area is 153 Å². The summed E-state index contributed by atoms with van der Waals surface area (Å²) in [6.45, 7) is 4.39. The number of unbranched alkanes of at least 4 members (excludes halogenated alkanes) is 8. The molecular weight excluding hydrogens is 320 g/mol. The normalized spacial score (nSPS) is 13.4. The van der Waals surface area contributed by atoms with E-state index in [1.165, 1.54) is 0 Å². The van der Waals surface area contributed by atoms with Gasteiger partial charge < -0.3 is 20.1 Å². The fourth-order valence-corrected chi connectivity index (χ4v) is 2.77. The van der Waals surface area contributed by atoms with Crippen LogP contribution in [0.5, 0.6) is 0 Å². The van der Waals surface area contributed by atoms with Crippen LogP contribution in [0.1, 0.15) is 90.9 Å². The molecule has 148 valence electrons. The van der Waals surface area contributed by atoms with Gasteiger partial charge in [-0.1, -0.05) is 57.6 Å². The van der Waals surface area contributed by atoms with Crippen LogP contribution in [0.15, 0.2) is 12.2 Å². The molecule has 3 N–H and O–H groups in total. The van der Waals surface area contributed by atoms with Gasteiger partial charge in [-0.25, -0.2) is 0 Å². The Morgan fingerprint density at radius 1 is 1.00 bits per heavy atom. The number of hydrogen-bond acceptors (Lipinski definition) is 4. The van der Waals surface area contributed by atoms with Crippen molar-refractivity contribution in [1.82, 2.24) is 0 Å². The molecule has 1 atom stereocenters. The third-order valence-corrected chi connectivity index (χ3v) is 4.27. The molecule has 0 saturated carbocycles. The maximum atomic E-state index is 10.4. The molecule has 0 fully saturated rings. The van der Waals surface area contributed by atoms with E-state index in [0.717, 1.165) is 64.2 Å². The van der Waals surface area contributed by atoms with Crippen molar-refractivity contribution in [2.24, 2.45) is 0 Å². The molecule has 25 heavy (non-hydrogen) atoms. The van der Waals surface area contributed by atoms with Gasteiger partial charge in [0.2, 0.25) is 0 Å². The molecule has 1 unspecified atom stereocenters. The smallest absolute Gasteiger partial charge is 0.303 e. The lowest BCUT2D eigenvalue weighted by Crippen LogP contribution is -2.42. The number of allylic oxidation sites excluding steroid dienone is 1. The number of aliphatic hydroxyl groups is 2. The molecule has 0 saturated heterocycles. The maximum absolute atomic E-state index is 10.4. The molecule has 0 aromatic rings. The predicted octanol–water partition coefficient (Wildman–Crippen LogP) is 4.41. The summed E-state index contributed by atoms with van der Waals surface area (Å²) < 4.78 is 5.49. The lowest BCUT2D eigenvalue weighted by atomic mass is 10.0. The highest BCUT2D eigenvalue weighted by molar-refractivity contribution is 5.66. The number of carboxylic acid groups (broad SMARTS) is 1. The summed E-state index contributed by atoms with van der Waals surface area (Å²) in [7, 11) is 0. The highest BCUT2D eigenvalue weighted by Gasteiger charge is 2.32. The number of aliphatic carboxylic acids is 1. The number of rotatable bonds is 17. The van der Waals surface area contributed by atoms with Crippen molar-refractivity contribution in [2.45, 2.75) is 103 Å². The Hall–Kier alpha value is -0.910. The van der Waals surface area contributed by atoms with Gasteiger partial charge in [-0.05, 0) is 32.6 Å². The van der Waals surface area contributed by atoms with Gasteiger partial charge in [0.25, 0.3) is 0 Å². The van der Waals surface area contributed by atoms with Gasteiger partial charge in [0.05, 0.1) is 0 Å². The van der Waals surface area contributed by atoms with Crippen molar-refractivity contribution < 1.29 is 24.9 Å². The van der Waals surface area contributed by atoms with Crippen molar-refractivity contribution in [1.29, 1.82) is 0 Å². The van der Waals surface area contributed by atoms with Crippen LogP contribution in [-0.4, -0.2) is 39.8 Å². The average molecular weight is 359 g/mol. The molecule has 0 rings (SSSR count). The van der Waals surface area contributed by atoms with E-state index in [4.69, 9.17) is 9.84 Å². The first-order valence-corrected chi connectivity index (χ1v) is 9.88. The Kier molecular flexibility index (Phi) is 14.8. The molecule has 0 heterocycles. The number of hydrogen-bond donors (Lipinski definition) is 3. The minimum absolute atomic E-state index is 0.268. The standard InChI is InChI=1S/C20H38O5/c1-3-5-14-17-20(23,24)18(25-4-2)15-12-10-8-6-7-9-11-13-16-19(21)22/h12,15,18,23-24H,3-11,13-14,16-17H2,1-2H3,(H,21,22)/b15-12+. The zero-order chi connectivity index (χ0) is 19.0. The molecule has 0 bridgehead atoms. The summed E-state index contributed by atoms with van der Waals surface area (Å²) in [6.07, 6.45) is 13.5. The summed E-state index contributed by atoms with van der Waals surface area (Å²) >= 11 is 0. The van der Waals surface area contributed by atoms with Crippen LogP contribution in [0.25, 0.3) is 0 Å². The van der Waals surface area contributed by atoms with Crippen LogP contribution in [0.3, 0.4) is 0 Å². The Balaban J connectivity index is 3.93. The van der Waals surface area contributed by atoms with Crippen molar-refractivity contribution in [3.05, 3.63) is 12.2 Å². The maximum Gasteiger partial charge on any atom is 0.303 e. The lowest BCUT2D eigenvalue weighted by molar-refractivity contribution is -0.227. The topological polar surface area (TPSA) is 87.0 Å². The fraction of sp³-hybridized carbons (Fsp3) is 0.850. The van der Waals surface area contributed by atoms with Crippen LogP contribution in [0.4, 0.5) is 0 Å². The van der Waals surface area contributed by atoms with Gasteiger partial charge in [0.1, 0.15) is 6.10 Å². The third kappa shape index (κ3) is 14.0. The molecule has 0 aromatic carbocycles. The van der Waals surface area contributed by atoms with Crippen LogP contribution in [0.2, 0.25) is 0 Å². The van der Waals surface area contributed by atoms with Crippen molar-refractivity contribution in [3.63, 3.8) is 0 Å². The van der Waals surface area contributed by atoms with Gasteiger partial charge in [-0.15, -0.1) is 0 Å². The molecule has 0 radical (unpaired) electrons. The van der Waals surface area contributed by atoms with E-state index in [0.29, 0.717) is 13.0 Å². The summed E-state index contributed by atoms with van der Waals surface area (Å²) in [5.41, 5.74) is 0. The van der Waals surface area contributed by atoms with E-state index >= 15 is 0 Å². The summed E-state index contributed by atoms with van der Waals surface area (Å²) in [6, 6.07) is 0. The number of carbonyl (C=O) groups is 1. The lowest BCUT2D eigenvalue weighted by Gasteiger charge is -2.29. The van der Waals surface area contributed by atoms with E-state index in [1.807, 2.05) is 13.0 Å². The monoisotopic (exact) mass is 358 g/mol. The molecule has 0 aromatic heterocycles. The second-order valence-electron chi connectivity index (χ2n) is 6.69. The van der Waals surface area contributed by atoms with Gasteiger partial charge >= 0.3 is 5.97 Å². The van der Waals surface area contributed by atoms with Crippen LogP contribution >= 0.6 is 0 Å². The van der Waals surface area contributed by atoms with E-state index in [-0.39, 0.29) is 6.42 Å². The molecule has 0 aliphatic rings. The van der Waals surface area contributed by atoms with Gasteiger partial charge in [0, 0.05) is 19.4 Å². The molecule has 5 nitrogen and oxygen atoms in total. The largest absolute Gasteiger partial charge is 0.481 e. The fourth-order valence-electron chi connectivity index (χ4n) is 2.77. The van der Waals surface area contributed by atoms with Crippen molar-refractivity contribution in [3.8, 4) is 0 Å². The molecule has 5 heteroatoms. The Morgan fingerprint density at radius 2 is 1.64 bits per heavy atom. The van der Waals surface area contributed by atoms with E-state index in [9.17, 15) is 15.0 Å². The second kappa shape index (κ2) is 15.4. The van der Waals surface area contributed by atoms with E-state index < -0.39 is 17.9 Å². The zero-order valence-corrected chi connectivity index (χ0v) is 16.1. The summed E-state index contributed by atoms with van der Waals surface area (Å²) in [5.74, 6) is -2.52. The molecule has 0 aliphatic heterocycles.